The molecule has 2 unspecified atom stereocenters. The van der Waals surface area contributed by atoms with Crippen molar-refractivity contribution in [2.45, 2.75) is 25.2 Å². The second-order valence-corrected chi connectivity index (χ2v) is 10.1. The van der Waals surface area contributed by atoms with Crippen LogP contribution in [0.3, 0.4) is 0 Å². The van der Waals surface area contributed by atoms with E-state index in [0.717, 1.165) is 21.9 Å². The first-order valence-corrected chi connectivity index (χ1v) is 13.3. The SMILES string of the molecule is O=C1CN(CC(=O)C(Cc2c[nH]c3ccccc23)C(=O)NCc2ccccc2C(F)(F)F)C(=O)C(c2ccccc2)N1. The van der Waals surface area contributed by atoms with Crippen LogP contribution in [0.2, 0.25) is 0 Å². The zero-order valence-corrected chi connectivity index (χ0v) is 22.3. The average Bonchev–Trinajstić information content (AvgIpc) is 3.39. The standard InChI is InChI=1S/C31H27F3N4O4/c32-31(33,34)24-12-6-4-10-20(24)15-36-29(41)23(14-21-16-35-25-13-7-5-11-22(21)25)26(39)17-38-18-27(40)37-28(30(38)42)19-8-2-1-3-9-19/h1-13,16,23,28,35H,14-15,17-18H2,(H,36,41)(H,37,40). The van der Waals surface area contributed by atoms with Gasteiger partial charge in [-0.05, 0) is 35.2 Å². The lowest BCUT2D eigenvalue weighted by molar-refractivity contribution is -0.147. The number of nitrogens with one attached hydrogen (secondary N) is 3. The van der Waals surface area contributed by atoms with Crippen LogP contribution in [0.1, 0.15) is 28.3 Å². The molecule has 3 amide bonds. The van der Waals surface area contributed by atoms with E-state index in [4.69, 9.17) is 0 Å². The third-order valence-electron chi connectivity index (χ3n) is 7.26. The van der Waals surface area contributed by atoms with E-state index >= 15 is 0 Å². The Hall–Kier alpha value is -4.93. The molecule has 42 heavy (non-hydrogen) atoms. The number of rotatable bonds is 9. The maximum atomic E-state index is 13.7. The molecule has 0 radical (unpaired) electrons. The molecule has 0 aliphatic carbocycles. The van der Waals surface area contributed by atoms with Gasteiger partial charge in [0.25, 0.3) is 5.91 Å². The second-order valence-electron chi connectivity index (χ2n) is 10.1. The number of aromatic amines is 1. The average molecular weight is 577 g/mol. The number of para-hydroxylation sites is 1. The molecule has 0 saturated carbocycles. The molecule has 11 heteroatoms. The Balaban J connectivity index is 1.39. The van der Waals surface area contributed by atoms with Crippen molar-refractivity contribution in [3.63, 3.8) is 0 Å². The fourth-order valence-electron chi connectivity index (χ4n) is 5.14. The Kier molecular flexibility index (Phi) is 8.10. The Morgan fingerprint density at radius 1 is 0.929 bits per heavy atom. The number of halogens is 3. The highest BCUT2D eigenvalue weighted by atomic mass is 19.4. The van der Waals surface area contributed by atoms with Gasteiger partial charge in [0, 0.05) is 23.6 Å². The van der Waals surface area contributed by atoms with Gasteiger partial charge in [-0.15, -0.1) is 0 Å². The van der Waals surface area contributed by atoms with Gasteiger partial charge in [0.05, 0.1) is 12.1 Å². The zero-order valence-electron chi connectivity index (χ0n) is 22.3. The van der Waals surface area contributed by atoms with Crippen LogP contribution in [0.5, 0.6) is 0 Å². The van der Waals surface area contributed by atoms with E-state index in [1.807, 2.05) is 18.2 Å². The number of piperazine rings is 1. The summed E-state index contributed by atoms with van der Waals surface area (Å²) in [6.07, 6.45) is -3.01. The van der Waals surface area contributed by atoms with E-state index in [1.54, 1.807) is 42.6 Å². The smallest absolute Gasteiger partial charge is 0.361 e. The minimum absolute atomic E-state index is 0.0636. The van der Waals surface area contributed by atoms with Crippen LogP contribution in [0.25, 0.3) is 10.9 Å². The Morgan fingerprint density at radius 3 is 2.38 bits per heavy atom. The lowest BCUT2D eigenvalue weighted by Crippen LogP contribution is -2.55. The molecular weight excluding hydrogens is 549 g/mol. The Morgan fingerprint density at radius 2 is 1.62 bits per heavy atom. The first kappa shape index (κ1) is 28.6. The fraction of sp³-hybridized carbons (Fsp3) is 0.226. The van der Waals surface area contributed by atoms with Gasteiger partial charge in [-0.25, -0.2) is 0 Å². The molecule has 1 aliphatic rings. The maximum Gasteiger partial charge on any atom is 0.416 e. The van der Waals surface area contributed by atoms with Gasteiger partial charge in [0.15, 0.2) is 5.78 Å². The molecule has 2 atom stereocenters. The number of Topliss-reactive ketones (excluding diaryl/α,β-unsaturated/α-hetero) is 1. The number of benzene rings is 3. The highest BCUT2D eigenvalue weighted by molar-refractivity contribution is 6.05. The number of ketones is 1. The summed E-state index contributed by atoms with van der Waals surface area (Å²) in [4.78, 5) is 57.1. The molecule has 1 fully saturated rings. The van der Waals surface area contributed by atoms with E-state index in [-0.39, 0.29) is 18.5 Å². The van der Waals surface area contributed by atoms with Crippen molar-refractivity contribution in [2.75, 3.05) is 13.1 Å². The van der Waals surface area contributed by atoms with Crippen LogP contribution >= 0.6 is 0 Å². The van der Waals surface area contributed by atoms with Crippen molar-refractivity contribution in [2.24, 2.45) is 5.92 Å². The molecule has 1 aromatic heterocycles. The molecule has 8 nitrogen and oxygen atoms in total. The maximum absolute atomic E-state index is 13.7. The molecule has 5 rings (SSSR count). The monoisotopic (exact) mass is 576 g/mol. The summed E-state index contributed by atoms with van der Waals surface area (Å²) in [6, 6.07) is 19.7. The number of fused-ring (bicyclic) bond motifs is 1. The third-order valence-corrected chi connectivity index (χ3v) is 7.26. The van der Waals surface area contributed by atoms with Crippen LogP contribution in [0, 0.1) is 5.92 Å². The van der Waals surface area contributed by atoms with Crippen LogP contribution in [-0.2, 0) is 38.3 Å². The molecule has 4 aromatic rings. The highest BCUT2D eigenvalue weighted by Crippen LogP contribution is 2.32. The van der Waals surface area contributed by atoms with Crippen molar-refractivity contribution in [1.29, 1.82) is 0 Å². The lowest BCUT2D eigenvalue weighted by Gasteiger charge is -2.33. The van der Waals surface area contributed by atoms with E-state index < -0.39 is 60.3 Å². The summed E-state index contributed by atoms with van der Waals surface area (Å²) in [5.41, 5.74) is 0.947. The molecule has 0 bridgehead atoms. The van der Waals surface area contributed by atoms with Gasteiger partial charge in [0.1, 0.15) is 18.5 Å². The summed E-state index contributed by atoms with van der Waals surface area (Å²) in [5, 5.41) is 5.91. The Labute approximate surface area is 238 Å². The molecule has 0 spiro atoms. The minimum Gasteiger partial charge on any atom is -0.361 e. The molecule has 3 aromatic carbocycles. The number of nitrogens with zero attached hydrogens (tertiary/aromatic N) is 1. The molecule has 2 heterocycles. The van der Waals surface area contributed by atoms with Gasteiger partial charge in [-0.2, -0.15) is 13.2 Å². The molecule has 216 valence electrons. The highest BCUT2D eigenvalue weighted by Gasteiger charge is 2.38. The van der Waals surface area contributed by atoms with Gasteiger partial charge < -0.3 is 20.5 Å². The van der Waals surface area contributed by atoms with Crippen LogP contribution in [0.4, 0.5) is 13.2 Å². The van der Waals surface area contributed by atoms with Crippen molar-refractivity contribution >= 4 is 34.4 Å². The quantitative estimate of drug-likeness (QED) is 0.262. The minimum atomic E-state index is -4.62. The van der Waals surface area contributed by atoms with Crippen LogP contribution in [0.15, 0.2) is 85.1 Å². The predicted octanol–water partition coefficient (Wildman–Crippen LogP) is 3.93. The van der Waals surface area contributed by atoms with E-state index in [0.29, 0.717) is 11.1 Å². The summed E-state index contributed by atoms with van der Waals surface area (Å²) >= 11 is 0. The zero-order chi connectivity index (χ0) is 29.9. The first-order valence-electron chi connectivity index (χ1n) is 13.3. The summed E-state index contributed by atoms with van der Waals surface area (Å²) in [5.74, 6) is -3.72. The van der Waals surface area contributed by atoms with Gasteiger partial charge in [0.2, 0.25) is 11.8 Å². The van der Waals surface area contributed by atoms with Crippen LogP contribution in [-0.4, -0.2) is 46.5 Å². The molecular formula is C31H27F3N4O4. The molecule has 3 N–H and O–H groups in total. The number of hydrogen-bond donors (Lipinski definition) is 3. The predicted molar refractivity (Wildman–Crippen MR) is 148 cm³/mol. The molecule has 1 saturated heterocycles. The number of carbonyl (C=O) groups excluding carboxylic acids is 4. The number of amides is 3. The van der Waals surface area contributed by atoms with Gasteiger partial charge in [-0.3, -0.25) is 19.2 Å². The van der Waals surface area contributed by atoms with Crippen LogP contribution < -0.4 is 10.6 Å². The summed E-state index contributed by atoms with van der Waals surface area (Å²) in [7, 11) is 0. The Bertz CT molecular complexity index is 1630. The number of carbonyl (C=O) groups is 4. The van der Waals surface area contributed by atoms with Crippen molar-refractivity contribution in [1.82, 2.24) is 20.5 Å². The largest absolute Gasteiger partial charge is 0.416 e. The van der Waals surface area contributed by atoms with Crippen molar-refractivity contribution in [3.8, 4) is 0 Å². The van der Waals surface area contributed by atoms with Gasteiger partial charge >= 0.3 is 6.18 Å². The lowest BCUT2D eigenvalue weighted by atomic mass is 9.92. The number of hydrogen-bond acceptors (Lipinski definition) is 4. The normalized spacial score (nSPS) is 16.3. The summed E-state index contributed by atoms with van der Waals surface area (Å²) in [6.45, 7) is -1.34. The van der Waals surface area contributed by atoms with E-state index in [9.17, 15) is 32.3 Å². The van der Waals surface area contributed by atoms with Gasteiger partial charge in [-0.1, -0.05) is 66.7 Å². The van der Waals surface area contributed by atoms with E-state index in [1.165, 1.54) is 18.2 Å². The van der Waals surface area contributed by atoms with Crippen molar-refractivity contribution < 1.29 is 32.3 Å². The van der Waals surface area contributed by atoms with Crippen molar-refractivity contribution in [3.05, 3.63) is 107 Å². The summed E-state index contributed by atoms with van der Waals surface area (Å²) < 4.78 is 40.5. The fourth-order valence-corrected chi connectivity index (χ4v) is 5.14. The first-order chi connectivity index (χ1) is 20.1. The topological polar surface area (TPSA) is 111 Å². The van der Waals surface area contributed by atoms with E-state index in [2.05, 4.69) is 15.6 Å². The number of H-pyrrole nitrogens is 1. The number of alkyl halides is 3. The number of aromatic nitrogens is 1. The molecule has 1 aliphatic heterocycles. The third kappa shape index (κ3) is 6.19. The second kappa shape index (κ2) is 11.9.